The monoisotopic (exact) mass is 333 g/mol. The van der Waals surface area contributed by atoms with Crippen molar-refractivity contribution in [1.82, 2.24) is 9.97 Å². The second-order valence-electron chi connectivity index (χ2n) is 4.20. The molecule has 2 aromatic heterocycles. The zero-order chi connectivity index (χ0) is 14.1. The van der Waals surface area contributed by atoms with Crippen molar-refractivity contribution < 1.29 is 9.18 Å². The number of aromatic nitrogens is 2. The van der Waals surface area contributed by atoms with Gasteiger partial charge in [0.1, 0.15) is 17.2 Å². The molecule has 0 spiro atoms. The van der Waals surface area contributed by atoms with Crippen LogP contribution in [0.1, 0.15) is 10.5 Å². The van der Waals surface area contributed by atoms with Crippen molar-refractivity contribution in [3.05, 3.63) is 58.6 Å². The topological polar surface area (TPSA) is 57.8 Å². The van der Waals surface area contributed by atoms with E-state index in [2.05, 4.69) is 31.2 Å². The van der Waals surface area contributed by atoms with Crippen LogP contribution >= 0.6 is 15.9 Å². The molecule has 6 heteroatoms. The number of benzene rings is 1. The van der Waals surface area contributed by atoms with Gasteiger partial charge in [0.05, 0.1) is 5.69 Å². The minimum absolute atomic E-state index is 0.129. The molecule has 0 saturated heterocycles. The predicted molar refractivity (Wildman–Crippen MR) is 78.1 cm³/mol. The zero-order valence-electron chi connectivity index (χ0n) is 10.2. The van der Waals surface area contributed by atoms with E-state index in [1.165, 1.54) is 12.1 Å². The highest BCUT2D eigenvalue weighted by Crippen LogP contribution is 2.20. The highest BCUT2D eigenvalue weighted by atomic mass is 79.9. The summed E-state index contributed by atoms with van der Waals surface area (Å²) in [5.74, 6) is -0.911. The van der Waals surface area contributed by atoms with Gasteiger partial charge in [-0.1, -0.05) is 15.9 Å². The van der Waals surface area contributed by atoms with Gasteiger partial charge in [0.2, 0.25) is 0 Å². The molecule has 0 aliphatic heterocycles. The molecule has 0 atom stereocenters. The number of hydrogen-bond donors (Lipinski definition) is 2. The molecule has 100 valence electrons. The van der Waals surface area contributed by atoms with Gasteiger partial charge in [0.25, 0.3) is 5.91 Å². The van der Waals surface area contributed by atoms with Crippen molar-refractivity contribution in [2.45, 2.75) is 0 Å². The number of rotatable bonds is 2. The summed E-state index contributed by atoms with van der Waals surface area (Å²) in [6.07, 6.45) is 1.63. The van der Waals surface area contributed by atoms with Gasteiger partial charge in [-0.3, -0.25) is 4.79 Å². The van der Waals surface area contributed by atoms with Crippen LogP contribution in [-0.2, 0) is 0 Å². The predicted octanol–water partition coefficient (Wildman–Crippen LogP) is 3.72. The van der Waals surface area contributed by atoms with Gasteiger partial charge >= 0.3 is 0 Å². The minimum Gasteiger partial charge on any atom is -0.335 e. The number of carbonyl (C=O) groups excluding carboxylic acids is 1. The van der Waals surface area contributed by atoms with E-state index in [9.17, 15) is 9.18 Å². The second-order valence-corrected chi connectivity index (χ2v) is 5.12. The Morgan fingerprint density at radius 1 is 1.30 bits per heavy atom. The van der Waals surface area contributed by atoms with Crippen LogP contribution in [0.3, 0.4) is 0 Å². The fourth-order valence-electron chi connectivity index (χ4n) is 1.86. The number of halogens is 2. The van der Waals surface area contributed by atoms with E-state index in [4.69, 9.17) is 0 Å². The van der Waals surface area contributed by atoms with Gasteiger partial charge in [-0.25, -0.2) is 9.37 Å². The quantitative estimate of drug-likeness (QED) is 0.750. The lowest BCUT2D eigenvalue weighted by atomic mass is 10.3. The lowest BCUT2D eigenvalue weighted by molar-refractivity contribution is 0.102. The molecule has 3 aromatic rings. The number of nitrogens with zero attached hydrogens (tertiary/aromatic N) is 1. The molecular weight excluding hydrogens is 325 g/mol. The maximum absolute atomic E-state index is 13.7. The Balaban J connectivity index is 1.89. The number of pyridine rings is 1. The third-order valence-electron chi connectivity index (χ3n) is 2.82. The number of hydrogen-bond acceptors (Lipinski definition) is 2. The molecule has 0 aliphatic carbocycles. The molecule has 0 aliphatic rings. The van der Waals surface area contributed by atoms with Crippen molar-refractivity contribution in [3.63, 3.8) is 0 Å². The molecule has 0 radical (unpaired) electrons. The fraction of sp³-hybridized carbons (Fsp3) is 0. The van der Waals surface area contributed by atoms with E-state index < -0.39 is 11.7 Å². The lowest BCUT2D eigenvalue weighted by Crippen LogP contribution is -2.13. The number of amides is 1. The summed E-state index contributed by atoms with van der Waals surface area (Å²) in [6, 6.07) is 9.75. The van der Waals surface area contributed by atoms with E-state index in [1.54, 1.807) is 24.4 Å². The van der Waals surface area contributed by atoms with Crippen molar-refractivity contribution in [1.29, 1.82) is 0 Å². The largest absolute Gasteiger partial charge is 0.335 e. The molecule has 1 aromatic carbocycles. The van der Waals surface area contributed by atoms with Gasteiger partial charge < -0.3 is 10.3 Å². The van der Waals surface area contributed by atoms with E-state index in [0.29, 0.717) is 15.8 Å². The van der Waals surface area contributed by atoms with Crippen LogP contribution < -0.4 is 5.32 Å². The Hall–Kier alpha value is -2.21. The average Bonchev–Trinajstić information content (AvgIpc) is 2.86. The van der Waals surface area contributed by atoms with E-state index in [0.717, 1.165) is 5.39 Å². The molecule has 0 saturated carbocycles. The van der Waals surface area contributed by atoms with Crippen LogP contribution in [0.4, 0.5) is 10.1 Å². The molecule has 0 fully saturated rings. The lowest BCUT2D eigenvalue weighted by Gasteiger charge is -2.05. The molecule has 4 nitrogen and oxygen atoms in total. The van der Waals surface area contributed by atoms with E-state index in [-0.39, 0.29) is 5.69 Å². The maximum atomic E-state index is 13.7. The second kappa shape index (κ2) is 5.05. The standard InChI is InChI=1S/C14H9BrFN3O/c15-9-3-4-11(10(16)7-9)19-14(20)12-6-8-2-1-5-17-13(8)18-12/h1-7H,(H,17,18)(H,19,20). The van der Waals surface area contributed by atoms with Gasteiger partial charge in [-0.15, -0.1) is 0 Å². The highest BCUT2D eigenvalue weighted by Gasteiger charge is 2.12. The van der Waals surface area contributed by atoms with Crippen molar-refractivity contribution in [2.24, 2.45) is 0 Å². The normalized spacial score (nSPS) is 10.7. The molecule has 0 bridgehead atoms. The SMILES string of the molecule is O=C(Nc1ccc(Br)cc1F)c1cc2cccnc2[nH]1. The Morgan fingerprint density at radius 2 is 2.15 bits per heavy atom. The molecule has 2 heterocycles. The van der Waals surface area contributed by atoms with Crippen LogP contribution in [0.25, 0.3) is 11.0 Å². The van der Waals surface area contributed by atoms with Crippen LogP contribution in [0.5, 0.6) is 0 Å². The van der Waals surface area contributed by atoms with Crippen molar-refractivity contribution in [3.8, 4) is 0 Å². The molecule has 20 heavy (non-hydrogen) atoms. The van der Waals surface area contributed by atoms with E-state index >= 15 is 0 Å². The molecule has 3 rings (SSSR count). The fourth-order valence-corrected chi connectivity index (χ4v) is 2.19. The summed E-state index contributed by atoms with van der Waals surface area (Å²) in [5, 5.41) is 3.35. The zero-order valence-corrected chi connectivity index (χ0v) is 11.7. The Labute approximate surface area is 122 Å². The number of anilines is 1. The molecule has 1 amide bonds. The maximum Gasteiger partial charge on any atom is 0.272 e. The minimum atomic E-state index is -0.498. The summed E-state index contributed by atoms with van der Waals surface area (Å²) in [6.45, 7) is 0. The average molecular weight is 334 g/mol. The number of nitrogens with one attached hydrogen (secondary N) is 2. The summed E-state index contributed by atoms with van der Waals surface area (Å²) in [5.41, 5.74) is 1.08. The molecular formula is C14H9BrFN3O. The molecule has 2 N–H and O–H groups in total. The first-order valence-corrected chi connectivity index (χ1v) is 6.63. The first kappa shape index (κ1) is 12.8. The third kappa shape index (κ3) is 2.42. The first-order valence-electron chi connectivity index (χ1n) is 5.83. The van der Waals surface area contributed by atoms with E-state index in [1.807, 2.05) is 6.07 Å². The Kier molecular flexibility index (Phi) is 3.23. The summed E-state index contributed by atoms with van der Waals surface area (Å²) >= 11 is 3.16. The van der Waals surface area contributed by atoms with Crippen LogP contribution in [-0.4, -0.2) is 15.9 Å². The number of aromatic amines is 1. The molecule has 0 unspecified atom stereocenters. The van der Waals surface area contributed by atoms with Crippen molar-refractivity contribution in [2.75, 3.05) is 5.32 Å². The third-order valence-corrected chi connectivity index (χ3v) is 3.31. The number of carbonyl (C=O) groups is 1. The number of fused-ring (bicyclic) bond motifs is 1. The Morgan fingerprint density at radius 3 is 2.90 bits per heavy atom. The smallest absolute Gasteiger partial charge is 0.272 e. The van der Waals surface area contributed by atoms with Crippen LogP contribution in [0, 0.1) is 5.82 Å². The summed E-state index contributed by atoms with van der Waals surface area (Å²) in [7, 11) is 0. The highest BCUT2D eigenvalue weighted by molar-refractivity contribution is 9.10. The van der Waals surface area contributed by atoms with Crippen molar-refractivity contribution >= 4 is 38.6 Å². The van der Waals surface area contributed by atoms with Gasteiger partial charge in [0, 0.05) is 16.1 Å². The van der Waals surface area contributed by atoms with Crippen LogP contribution in [0.2, 0.25) is 0 Å². The number of H-pyrrole nitrogens is 1. The summed E-state index contributed by atoms with van der Waals surface area (Å²) in [4.78, 5) is 19.1. The summed E-state index contributed by atoms with van der Waals surface area (Å²) < 4.78 is 14.3. The van der Waals surface area contributed by atoms with Gasteiger partial charge in [0.15, 0.2) is 0 Å². The Bertz CT molecular complexity index is 767. The van der Waals surface area contributed by atoms with Crippen LogP contribution in [0.15, 0.2) is 47.1 Å². The first-order chi connectivity index (χ1) is 9.63. The van der Waals surface area contributed by atoms with Gasteiger partial charge in [-0.05, 0) is 36.4 Å². The van der Waals surface area contributed by atoms with Gasteiger partial charge in [-0.2, -0.15) is 0 Å².